The van der Waals surface area contributed by atoms with Gasteiger partial charge in [0.15, 0.2) is 0 Å². The van der Waals surface area contributed by atoms with Crippen LogP contribution in [-0.4, -0.2) is 50.0 Å². The fraction of sp³-hybridized carbons (Fsp3) is 0.355. The summed E-state index contributed by atoms with van der Waals surface area (Å²) in [6.07, 6.45) is 1.97. The molecule has 0 saturated heterocycles. The summed E-state index contributed by atoms with van der Waals surface area (Å²) in [5, 5.41) is 3.68. The molecule has 0 spiro atoms. The van der Waals surface area contributed by atoms with Crippen molar-refractivity contribution in [3.8, 4) is 0 Å². The van der Waals surface area contributed by atoms with E-state index < -0.39 is 28.5 Å². The molecule has 3 aromatic rings. The summed E-state index contributed by atoms with van der Waals surface area (Å²) in [5.41, 5.74) is 3.26. The SMILES string of the molecule is CC[C@H](C)NC(=O)[C@H](Cc1ccccc1)N(Cc1c(Cl)cccc1Cl)C(=O)CN(c1cc(C)ccc1C)S(C)(=O)=O. The summed E-state index contributed by atoms with van der Waals surface area (Å²) in [7, 11) is -3.87. The highest BCUT2D eigenvalue weighted by molar-refractivity contribution is 7.92. The van der Waals surface area contributed by atoms with Crippen LogP contribution in [0.5, 0.6) is 0 Å². The second-order valence-corrected chi connectivity index (χ2v) is 13.0. The average molecular weight is 619 g/mol. The van der Waals surface area contributed by atoms with Gasteiger partial charge in [-0.05, 0) is 62.1 Å². The number of nitrogens with zero attached hydrogens (tertiary/aromatic N) is 2. The Labute approximate surface area is 253 Å². The molecule has 0 aliphatic carbocycles. The van der Waals surface area contributed by atoms with Crippen molar-refractivity contribution in [3.05, 3.63) is 99.0 Å². The standard InChI is InChI=1S/C31H37Cl2N3O4S/c1-6-23(4)34-31(38)29(18-24-11-8-7-9-12-24)35(19-25-26(32)13-10-14-27(25)33)30(37)20-36(41(5,39)40)28-17-21(2)15-16-22(28)3/h7-17,23,29H,6,18-20H2,1-5H3,(H,34,38)/t23-,29-/m0/s1. The number of hydrogen-bond donors (Lipinski definition) is 1. The zero-order chi connectivity index (χ0) is 30.3. The largest absolute Gasteiger partial charge is 0.352 e. The maximum absolute atomic E-state index is 14.2. The Morgan fingerprint density at radius 3 is 2.17 bits per heavy atom. The maximum Gasteiger partial charge on any atom is 0.244 e. The lowest BCUT2D eigenvalue weighted by molar-refractivity contribution is -0.140. The van der Waals surface area contributed by atoms with Crippen molar-refractivity contribution >= 4 is 50.7 Å². The highest BCUT2D eigenvalue weighted by atomic mass is 35.5. The van der Waals surface area contributed by atoms with Crippen molar-refractivity contribution in [3.63, 3.8) is 0 Å². The van der Waals surface area contributed by atoms with Crippen LogP contribution in [0.4, 0.5) is 5.69 Å². The Hall–Kier alpha value is -3.07. The number of carbonyl (C=O) groups excluding carboxylic acids is 2. The summed E-state index contributed by atoms with van der Waals surface area (Å²) in [6.45, 7) is 6.89. The predicted octanol–water partition coefficient (Wildman–Crippen LogP) is 5.93. The number of benzene rings is 3. The third kappa shape index (κ3) is 8.71. The molecule has 7 nitrogen and oxygen atoms in total. The maximum atomic E-state index is 14.2. The van der Waals surface area contributed by atoms with Crippen molar-refractivity contribution < 1.29 is 18.0 Å². The number of halogens is 2. The molecule has 10 heteroatoms. The number of hydrogen-bond acceptors (Lipinski definition) is 4. The second kappa shape index (κ2) is 14.2. The Balaban J connectivity index is 2.13. The van der Waals surface area contributed by atoms with E-state index in [1.807, 2.05) is 63.2 Å². The van der Waals surface area contributed by atoms with Gasteiger partial charge in [0.1, 0.15) is 12.6 Å². The van der Waals surface area contributed by atoms with Crippen LogP contribution in [-0.2, 0) is 32.6 Å². The fourth-order valence-corrected chi connectivity index (χ4v) is 5.85. The minimum atomic E-state index is -3.87. The van der Waals surface area contributed by atoms with Crippen LogP contribution in [0.3, 0.4) is 0 Å². The molecule has 2 amide bonds. The van der Waals surface area contributed by atoms with Crippen molar-refractivity contribution in [2.75, 3.05) is 17.1 Å². The third-order valence-electron chi connectivity index (χ3n) is 6.97. The van der Waals surface area contributed by atoms with Crippen LogP contribution in [0.2, 0.25) is 10.0 Å². The molecule has 0 bridgehead atoms. The van der Waals surface area contributed by atoms with Gasteiger partial charge in [-0.25, -0.2) is 8.42 Å². The van der Waals surface area contributed by atoms with Gasteiger partial charge in [-0.15, -0.1) is 0 Å². The molecule has 3 rings (SSSR count). The highest BCUT2D eigenvalue weighted by Gasteiger charge is 2.34. The molecule has 0 radical (unpaired) electrons. The molecule has 1 N–H and O–H groups in total. The number of aryl methyl sites for hydroxylation is 2. The molecule has 0 aliphatic heterocycles. The number of carbonyl (C=O) groups is 2. The Morgan fingerprint density at radius 2 is 1.59 bits per heavy atom. The molecular weight excluding hydrogens is 581 g/mol. The number of anilines is 1. The lowest BCUT2D eigenvalue weighted by Gasteiger charge is -2.34. The van der Waals surface area contributed by atoms with Gasteiger partial charge in [0.05, 0.1) is 11.9 Å². The normalized spacial score (nSPS) is 12.9. The molecule has 220 valence electrons. The van der Waals surface area contributed by atoms with E-state index in [9.17, 15) is 18.0 Å². The van der Waals surface area contributed by atoms with Gasteiger partial charge in [-0.2, -0.15) is 0 Å². The average Bonchev–Trinajstić information content (AvgIpc) is 2.91. The molecule has 41 heavy (non-hydrogen) atoms. The Morgan fingerprint density at radius 1 is 0.951 bits per heavy atom. The first kappa shape index (κ1) is 32.4. The zero-order valence-corrected chi connectivity index (χ0v) is 26.4. The predicted molar refractivity (Wildman–Crippen MR) is 167 cm³/mol. The quantitative estimate of drug-likeness (QED) is 0.273. The van der Waals surface area contributed by atoms with Gasteiger partial charge in [0, 0.05) is 34.6 Å². The molecular formula is C31H37Cl2N3O4S. The van der Waals surface area contributed by atoms with Crippen molar-refractivity contribution in [1.29, 1.82) is 0 Å². The van der Waals surface area contributed by atoms with E-state index in [0.29, 0.717) is 33.3 Å². The van der Waals surface area contributed by atoms with E-state index in [4.69, 9.17) is 23.2 Å². The Kier molecular flexibility index (Phi) is 11.2. The van der Waals surface area contributed by atoms with E-state index in [-0.39, 0.29) is 24.9 Å². The van der Waals surface area contributed by atoms with Gasteiger partial charge < -0.3 is 10.2 Å². The molecule has 0 unspecified atom stereocenters. The number of amides is 2. The molecule has 0 fully saturated rings. The van der Waals surface area contributed by atoms with Crippen molar-refractivity contribution in [2.45, 2.75) is 59.2 Å². The molecule has 0 aliphatic rings. The summed E-state index contributed by atoms with van der Waals surface area (Å²) in [5.74, 6) is -0.912. The van der Waals surface area contributed by atoms with Gasteiger partial charge in [0.2, 0.25) is 21.8 Å². The van der Waals surface area contributed by atoms with E-state index >= 15 is 0 Å². The Bertz CT molecular complexity index is 1460. The minimum absolute atomic E-state index is 0.0901. The first-order valence-electron chi connectivity index (χ1n) is 13.4. The summed E-state index contributed by atoms with van der Waals surface area (Å²) < 4.78 is 27.2. The van der Waals surface area contributed by atoms with Crippen LogP contribution in [0.1, 0.15) is 42.5 Å². The molecule has 0 aromatic heterocycles. The van der Waals surface area contributed by atoms with Crippen molar-refractivity contribution in [2.24, 2.45) is 0 Å². The highest BCUT2D eigenvalue weighted by Crippen LogP contribution is 2.29. The smallest absolute Gasteiger partial charge is 0.244 e. The lowest BCUT2D eigenvalue weighted by atomic mass is 10.0. The van der Waals surface area contributed by atoms with Gasteiger partial charge >= 0.3 is 0 Å². The van der Waals surface area contributed by atoms with E-state index in [2.05, 4.69) is 5.32 Å². The van der Waals surface area contributed by atoms with E-state index in [1.165, 1.54) is 4.90 Å². The number of nitrogens with one attached hydrogen (secondary N) is 1. The zero-order valence-electron chi connectivity index (χ0n) is 24.0. The molecule has 0 heterocycles. The van der Waals surface area contributed by atoms with E-state index in [1.54, 1.807) is 31.2 Å². The monoisotopic (exact) mass is 617 g/mol. The lowest BCUT2D eigenvalue weighted by Crippen LogP contribution is -2.54. The summed E-state index contributed by atoms with van der Waals surface area (Å²) in [6, 6.07) is 18.7. The van der Waals surface area contributed by atoms with Crippen LogP contribution >= 0.6 is 23.2 Å². The van der Waals surface area contributed by atoms with E-state index in [0.717, 1.165) is 21.7 Å². The van der Waals surface area contributed by atoms with Gasteiger partial charge in [-0.1, -0.05) is 78.7 Å². The summed E-state index contributed by atoms with van der Waals surface area (Å²) >= 11 is 13.0. The number of rotatable bonds is 12. The van der Waals surface area contributed by atoms with Gasteiger partial charge in [-0.3, -0.25) is 13.9 Å². The molecule has 2 atom stereocenters. The fourth-order valence-electron chi connectivity index (χ4n) is 4.43. The first-order valence-corrected chi connectivity index (χ1v) is 16.0. The minimum Gasteiger partial charge on any atom is -0.352 e. The number of sulfonamides is 1. The van der Waals surface area contributed by atoms with Gasteiger partial charge in [0.25, 0.3) is 0 Å². The molecule has 0 saturated carbocycles. The van der Waals surface area contributed by atoms with Crippen LogP contribution in [0.15, 0.2) is 66.7 Å². The van der Waals surface area contributed by atoms with Crippen LogP contribution < -0.4 is 9.62 Å². The third-order valence-corrected chi connectivity index (χ3v) is 8.81. The topological polar surface area (TPSA) is 86.8 Å². The van der Waals surface area contributed by atoms with Crippen LogP contribution in [0.25, 0.3) is 0 Å². The first-order chi connectivity index (χ1) is 19.3. The van der Waals surface area contributed by atoms with Crippen LogP contribution in [0, 0.1) is 13.8 Å². The summed E-state index contributed by atoms with van der Waals surface area (Å²) in [4.78, 5) is 29.4. The molecule has 3 aromatic carbocycles. The second-order valence-electron chi connectivity index (χ2n) is 10.3. The van der Waals surface area contributed by atoms with Crippen molar-refractivity contribution in [1.82, 2.24) is 10.2 Å².